The number of aromatic nitrogens is 5. The molecule has 2 aliphatic rings. The first-order chi connectivity index (χ1) is 16.2. The number of nitrogens with one attached hydrogen (secondary N) is 2. The highest BCUT2D eigenvalue weighted by molar-refractivity contribution is 5.77. The molecule has 2 aliphatic heterocycles. The highest BCUT2D eigenvalue weighted by Crippen LogP contribution is 2.16. The molecule has 5 heteroatoms. The normalized spacial score (nSPS) is 11.5. The largest absolute Gasteiger partial charge is 0.355 e. The minimum atomic E-state index is 0.654. The number of H-pyrrole nitrogens is 2. The predicted molar refractivity (Wildman–Crippen MR) is 134 cm³/mol. The molecule has 4 aromatic heterocycles. The first-order valence-corrected chi connectivity index (χ1v) is 10.7. The third kappa shape index (κ3) is 5.15. The molecule has 0 atom stereocenters. The van der Waals surface area contributed by atoms with E-state index in [-0.39, 0.29) is 0 Å². The summed E-state index contributed by atoms with van der Waals surface area (Å²) in [5.41, 5.74) is 7.86. The molecule has 6 heterocycles. The average Bonchev–Trinajstić information content (AvgIpc) is 3.61. The molecule has 0 aliphatic carbocycles. The molecule has 0 spiro atoms. The minimum absolute atomic E-state index is 0.654. The number of pyridine rings is 1. The van der Waals surface area contributed by atoms with E-state index in [1.165, 1.54) is 0 Å². The minimum Gasteiger partial charge on any atom is -0.355 e. The van der Waals surface area contributed by atoms with Crippen molar-refractivity contribution < 1.29 is 4.57 Å². The topological polar surface area (TPSA) is 61.2 Å². The zero-order valence-corrected chi connectivity index (χ0v) is 17.9. The maximum absolute atomic E-state index is 5.09. The van der Waals surface area contributed by atoms with Gasteiger partial charge in [0.15, 0.2) is 12.4 Å². The molecule has 6 rings (SSSR count). The van der Waals surface area contributed by atoms with Gasteiger partial charge in [-0.1, -0.05) is 6.07 Å². The van der Waals surface area contributed by atoms with Crippen LogP contribution in [-0.2, 0) is 6.54 Å². The number of rotatable bonds is 1. The molecule has 4 aromatic rings. The van der Waals surface area contributed by atoms with Gasteiger partial charge in [-0.05, 0) is 78.8 Å². The average molecular weight is 429 g/mol. The molecule has 5 nitrogen and oxygen atoms in total. The quantitative estimate of drug-likeness (QED) is 0.277. The van der Waals surface area contributed by atoms with E-state index in [0.29, 0.717) is 6.54 Å². The lowest BCUT2D eigenvalue weighted by Crippen LogP contribution is -2.31. The van der Waals surface area contributed by atoms with E-state index in [9.17, 15) is 0 Å². The molecule has 0 unspecified atom stereocenters. The van der Waals surface area contributed by atoms with Crippen molar-refractivity contribution in [3.8, 4) is 12.3 Å². The first-order valence-electron chi connectivity index (χ1n) is 10.7. The maximum atomic E-state index is 5.09. The molecule has 8 bridgehead atoms. The van der Waals surface area contributed by atoms with Gasteiger partial charge >= 0.3 is 0 Å². The van der Waals surface area contributed by atoms with Crippen LogP contribution in [0.5, 0.6) is 0 Å². The molecule has 0 fully saturated rings. The van der Waals surface area contributed by atoms with Crippen molar-refractivity contribution in [1.29, 1.82) is 0 Å². The molecule has 0 radical (unpaired) electrons. The van der Waals surface area contributed by atoms with E-state index in [1.54, 1.807) is 0 Å². The molecular formula is C28H22N5+. The summed E-state index contributed by atoms with van der Waals surface area (Å²) in [5, 5.41) is 0. The fraction of sp³-hybridized carbons (Fsp3) is 0.0357. The predicted octanol–water partition coefficient (Wildman–Crippen LogP) is 5.26. The van der Waals surface area contributed by atoms with Crippen LogP contribution in [0, 0.1) is 12.3 Å². The van der Waals surface area contributed by atoms with Gasteiger partial charge in [0.1, 0.15) is 0 Å². The highest BCUT2D eigenvalue weighted by Gasteiger charge is 2.01. The summed E-state index contributed by atoms with van der Waals surface area (Å²) >= 11 is 0. The summed E-state index contributed by atoms with van der Waals surface area (Å²) in [5.74, 6) is 2.55. The molecule has 0 saturated heterocycles. The fourth-order valence-electron chi connectivity index (χ4n) is 3.59. The van der Waals surface area contributed by atoms with Crippen LogP contribution in [0.3, 0.4) is 0 Å². The smallest absolute Gasteiger partial charge is 0.208 e. The van der Waals surface area contributed by atoms with Gasteiger partial charge in [0, 0.05) is 34.2 Å². The van der Waals surface area contributed by atoms with Crippen molar-refractivity contribution in [3.05, 3.63) is 102 Å². The van der Waals surface area contributed by atoms with Gasteiger partial charge in [-0.15, -0.1) is 6.42 Å². The number of terminal acetylenes is 1. The second-order valence-corrected chi connectivity index (χ2v) is 7.66. The van der Waals surface area contributed by atoms with Crippen LogP contribution in [-0.4, -0.2) is 19.9 Å². The van der Waals surface area contributed by atoms with Gasteiger partial charge in [-0.2, -0.15) is 4.57 Å². The zero-order valence-electron chi connectivity index (χ0n) is 17.9. The monoisotopic (exact) mass is 428 g/mol. The molecule has 0 amide bonds. The van der Waals surface area contributed by atoms with Crippen LogP contribution in [0.1, 0.15) is 22.8 Å². The first kappa shape index (κ1) is 20.2. The third-order valence-corrected chi connectivity index (χ3v) is 5.09. The van der Waals surface area contributed by atoms with E-state index in [2.05, 4.69) is 50.1 Å². The summed E-state index contributed by atoms with van der Waals surface area (Å²) in [4.78, 5) is 16.0. The van der Waals surface area contributed by atoms with Crippen LogP contribution in [0.4, 0.5) is 0 Å². The van der Waals surface area contributed by atoms with E-state index in [0.717, 1.165) is 44.8 Å². The van der Waals surface area contributed by atoms with Crippen LogP contribution in [0.2, 0.25) is 0 Å². The Morgan fingerprint density at radius 3 is 1.39 bits per heavy atom. The van der Waals surface area contributed by atoms with Gasteiger partial charge < -0.3 is 9.97 Å². The summed E-state index contributed by atoms with van der Waals surface area (Å²) < 4.78 is 1.94. The number of fused-ring (bicyclic) bond motifs is 8. The Bertz CT molecular complexity index is 1370. The van der Waals surface area contributed by atoms with Crippen molar-refractivity contribution in [2.24, 2.45) is 0 Å². The summed E-state index contributed by atoms with van der Waals surface area (Å²) in [6, 6.07) is 22.2. The van der Waals surface area contributed by atoms with Gasteiger partial charge in [-0.3, -0.25) is 0 Å². The number of nitrogens with zero attached hydrogens (tertiary/aromatic N) is 3. The van der Waals surface area contributed by atoms with Gasteiger partial charge in [0.2, 0.25) is 6.54 Å². The van der Waals surface area contributed by atoms with E-state index in [1.807, 2.05) is 83.7 Å². The molecule has 0 aromatic carbocycles. The lowest BCUT2D eigenvalue weighted by atomic mass is 10.3. The van der Waals surface area contributed by atoms with Crippen LogP contribution in [0.15, 0.2) is 79.1 Å². The maximum Gasteiger partial charge on any atom is 0.208 e. The lowest BCUT2D eigenvalue weighted by molar-refractivity contribution is -0.684. The number of aromatic amines is 2. The van der Waals surface area contributed by atoms with E-state index in [4.69, 9.17) is 6.42 Å². The fourth-order valence-corrected chi connectivity index (χ4v) is 3.59. The Morgan fingerprint density at radius 1 is 0.636 bits per heavy atom. The van der Waals surface area contributed by atoms with E-state index >= 15 is 0 Å². The summed E-state index contributed by atoms with van der Waals surface area (Å²) in [6.45, 7) is 0.654. The standard InChI is InChI=1S/C20H14N4.C8H8N/c1-2-14-10-16-5-6-18(23-16)12-20-8-7-19(24-20)11-17-4-3-15(22-17)9-13(1)21-14;1-2-6-9-7-4-3-5-8-9/h1-12,21,24H;1,3-5,7-8H,6H2/q;+1. The third-order valence-electron chi connectivity index (χ3n) is 5.09. The Labute approximate surface area is 191 Å². The van der Waals surface area contributed by atoms with Crippen molar-refractivity contribution in [1.82, 2.24) is 19.9 Å². The Hall–Kier alpha value is -4.69. The zero-order chi connectivity index (χ0) is 22.5. The number of hydrogen-bond donors (Lipinski definition) is 2. The Kier molecular flexibility index (Phi) is 5.64. The van der Waals surface area contributed by atoms with Crippen LogP contribution in [0.25, 0.3) is 46.4 Å². The molecule has 0 saturated carbocycles. The summed E-state index contributed by atoms with van der Waals surface area (Å²) in [7, 11) is 0. The second kappa shape index (κ2) is 9.21. The molecule has 158 valence electrons. The van der Waals surface area contributed by atoms with Crippen molar-refractivity contribution in [2.75, 3.05) is 0 Å². The Balaban J connectivity index is 0.000000215. The van der Waals surface area contributed by atoms with Crippen LogP contribution < -0.4 is 4.57 Å². The second-order valence-electron chi connectivity index (χ2n) is 7.66. The van der Waals surface area contributed by atoms with Gasteiger partial charge in [-0.25, -0.2) is 9.97 Å². The van der Waals surface area contributed by atoms with E-state index < -0.39 is 0 Å². The van der Waals surface area contributed by atoms with Gasteiger partial charge in [0.05, 0.1) is 22.8 Å². The van der Waals surface area contributed by atoms with Crippen molar-refractivity contribution >= 4 is 46.4 Å². The SMILES string of the molecule is C#CC[n+]1ccccc1.C1=Cc2cc3ccc(cc4nc(cc5ccc(cc1n2)[nH]5)C=C4)[nH]3. The Morgan fingerprint density at radius 2 is 1.03 bits per heavy atom. The van der Waals surface area contributed by atoms with Crippen molar-refractivity contribution in [3.63, 3.8) is 0 Å². The van der Waals surface area contributed by atoms with Gasteiger partial charge in [0.25, 0.3) is 0 Å². The molecule has 33 heavy (non-hydrogen) atoms. The van der Waals surface area contributed by atoms with Crippen LogP contribution >= 0.6 is 0 Å². The summed E-state index contributed by atoms with van der Waals surface area (Å²) in [6.07, 6.45) is 17.1. The highest BCUT2D eigenvalue weighted by atomic mass is 14.9. The molecule has 2 N–H and O–H groups in total. The lowest BCUT2D eigenvalue weighted by Gasteiger charge is -1.85. The molecular weight excluding hydrogens is 406 g/mol. The number of hydrogen-bond acceptors (Lipinski definition) is 2. The van der Waals surface area contributed by atoms with Crippen molar-refractivity contribution in [2.45, 2.75) is 6.54 Å².